The van der Waals surface area contributed by atoms with E-state index < -0.39 is 0 Å². The van der Waals surface area contributed by atoms with Crippen LogP contribution < -0.4 is 5.32 Å². The molecule has 1 aromatic carbocycles. The molecule has 1 fully saturated rings. The number of piperidine rings is 1. The summed E-state index contributed by atoms with van der Waals surface area (Å²) in [5, 5.41) is 5.42. The van der Waals surface area contributed by atoms with E-state index in [1.54, 1.807) is 23.6 Å². The Bertz CT molecular complexity index is 912. The molecule has 0 aliphatic carbocycles. The molecule has 5 nitrogen and oxygen atoms in total. The van der Waals surface area contributed by atoms with Crippen molar-refractivity contribution in [1.29, 1.82) is 0 Å². The van der Waals surface area contributed by atoms with Gasteiger partial charge < -0.3 is 10.2 Å². The van der Waals surface area contributed by atoms with Crippen molar-refractivity contribution in [2.24, 2.45) is 5.92 Å². The summed E-state index contributed by atoms with van der Waals surface area (Å²) in [6, 6.07) is 11.1. The van der Waals surface area contributed by atoms with Crippen LogP contribution in [-0.4, -0.2) is 54.0 Å². The number of benzene rings is 1. The van der Waals surface area contributed by atoms with Crippen LogP contribution in [0.2, 0.25) is 0 Å². The lowest BCUT2D eigenvalue weighted by molar-refractivity contribution is -0.134. The van der Waals surface area contributed by atoms with E-state index in [2.05, 4.69) is 52.2 Å². The zero-order valence-corrected chi connectivity index (χ0v) is 19.9. The van der Waals surface area contributed by atoms with E-state index in [1.165, 1.54) is 20.9 Å². The van der Waals surface area contributed by atoms with E-state index in [-0.39, 0.29) is 23.8 Å². The van der Waals surface area contributed by atoms with Gasteiger partial charge >= 0.3 is 0 Å². The van der Waals surface area contributed by atoms with Crippen LogP contribution in [0.25, 0.3) is 0 Å². The number of nitrogens with one attached hydrogen (secondary N) is 1. The van der Waals surface area contributed by atoms with Crippen molar-refractivity contribution in [2.45, 2.75) is 43.7 Å². The summed E-state index contributed by atoms with van der Waals surface area (Å²) in [6.07, 6.45) is 4.90. The first-order valence-corrected chi connectivity index (χ1v) is 13.1. The molecule has 2 atom stereocenters. The second-order valence-corrected chi connectivity index (χ2v) is 10.3. The molecule has 2 amide bonds. The molecule has 2 aliphatic heterocycles. The minimum Gasteiger partial charge on any atom is -0.354 e. The standard InChI is InChI=1S/C24H31N3O2S2/c1-17(28)26-11-3-4-20(16-26)24(29)25-14-22(18-5-7-21(30-2)8-6-18)27-12-9-23-19(15-27)10-13-31-23/h5-8,10,13,20,22H,3-4,9,11-12,14-16H2,1-2H3,(H,25,29). The number of fused-ring (bicyclic) bond motifs is 1. The monoisotopic (exact) mass is 457 g/mol. The van der Waals surface area contributed by atoms with Gasteiger partial charge in [-0.2, -0.15) is 0 Å². The highest BCUT2D eigenvalue weighted by atomic mass is 32.2. The second kappa shape index (κ2) is 10.2. The molecule has 1 saturated heterocycles. The van der Waals surface area contributed by atoms with Crippen molar-refractivity contribution in [3.63, 3.8) is 0 Å². The maximum atomic E-state index is 13.0. The van der Waals surface area contributed by atoms with Gasteiger partial charge in [-0.3, -0.25) is 14.5 Å². The predicted molar refractivity (Wildman–Crippen MR) is 127 cm³/mol. The molecule has 31 heavy (non-hydrogen) atoms. The van der Waals surface area contributed by atoms with E-state index in [0.717, 1.165) is 38.9 Å². The number of hydrogen-bond acceptors (Lipinski definition) is 5. The van der Waals surface area contributed by atoms with Gasteiger partial charge in [0, 0.05) is 49.4 Å². The van der Waals surface area contributed by atoms with E-state index in [0.29, 0.717) is 13.1 Å². The molecule has 0 bridgehead atoms. The highest BCUT2D eigenvalue weighted by Gasteiger charge is 2.29. The summed E-state index contributed by atoms with van der Waals surface area (Å²) in [4.78, 5) is 31.7. The molecule has 2 unspecified atom stereocenters. The highest BCUT2D eigenvalue weighted by molar-refractivity contribution is 7.98. The van der Waals surface area contributed by atoms with Crippen molar-refractivity contribution in [2.75, 3.05) is 32.4 Å². The number of thiophene rings is 1. The first-order chi connectivity index (χ1) is 15.0. The van der Waals surface area contributed by atoms with Gasteiger partial charge in [-0.1, -0.05) is 12.1 Å². The lowest BCUT2D eigenvalue weighted by Gasteiger charge is -2.36. The molecule has 1 N–H and O–H groups in total. The Morgan fingerprint density at radius 1 is 1.23 bits per heavy atom. The Morgan fingerprint density at radius 3 is 2.77 bits per heavy atom. The van der Waals surface area contributed by atoms with Gasteiger partial charge in [0.2, 0.25) is 11.8 Å². The maximum Gasteiger partial charge on any atom is 0.224 e. The SMILES string of the molecule is CSc1ccc(C(CNC(=O)C2CCCN(C(C)=O)C2)N2CCc3sccc3C2)cc1. The highest BCUT2D eigenvalue weighted by Crippen LogP contribution is 2.31. The molecule has 166 valence electrons. The first-order valence-electron chi connectivity index (χ1n) is 11.0. The van der Waals surface area contributed by atoms with Crippen LogP contribution in [0.15, 0.2) is 40.6 Å². The molecule has 2 aliphatic rings. The summed E-state index contributed by atoms with van der Waals surface area (Å²) in [5.74, 6) is 0.0241. The van der Waals surface area contributed by atoms with Gasteiger partial charge in [0.15, 0.2) is 0 Å². The smallest absolute Gasteiger partial charge is 0.224 e. The van der Waals surface area contributed by atoms with Gasteiger partial charge in [0.25, 0.3) is 0 Å². The molecule has 0 radical (unpaired) electrons. The van der Waals surface area contributed by atoms with Gasteiger partial charge in [0.1, 0.15) is 0 Å². The van der Waals surface area contributed by atoms with Gasteiger partial charge in [0.05, 0.1) is 12.0 Å². The number of thioether (sulfide) groups is 1. The Balaban J connectivity index is 1.46. The minimum atomic E-state index is -0.109. The van der Waals surface area contributed by atoms with E-state index in [4.69, 9.17) is 0 Å². The van der Waals surface area contributed by atoms with Crippen LogP contribution in [0.4, 0.5) is 0 Å². The van der Waals surface area contributed by atoms with Crippen LogP contribution in [0.3, 0.4) is 0 Å². The molecule has 2 aromatic rings. The molecule has 7 heteroatoms. The van der Waals surface area contributed by atoms with Crippen LogP contribution in [0, 0.1) is 5.92 Å². The largest absolute Gasteiger partial charge is 0.354 e. The van der Waals surface area contributed by atoms with E-state index in [9.17, 15) is 9.59 Å². The number of hydrogen-bond donors (Lipinski definition) is 1. The van der Waals surface area contributed by atoms with Crippen molar-refractivity contribution >= 4 is 34.9 Å². The topological polar surface area (TPSA) is 52.7 Å². The predicted octanol–water partition coefficient (Wildman–Crippen LogP) is 3.94. The number of amides is 2. The molecule has 0 saturated carbocycles. The number of nitrogens with zero attached hydrogens (tertiary/aromatic N) is 2. The average molecular weight is 458 g/mol. The average Bonchev–Trinajstić information content (AvgIpc) is 3.27. The normalized spacial score (nSPS) is 20.2. The van der Waals surface area contributed by atoms with Crippen molar-refractivity contribution in [3.05, 3.63) is 51.7 Å². The first kappa shape index (κ1) is 22.4. The van der Waals surface area contributed by atoms with Gasteiger partial charge in [-0.05, 0) is 60.2 Å². The third kappa shape index (κ3) is 5.33. The zero-order valence-electron chi connectivity index (χ0n) is 18.3. The van der Waals surface area contributed by atoms with Crippen LogP contribution in [0.5, 0.6) is 0 Å². The van der Waals surface area contributed by atoms with Crippen LogP contribution in [-0.2, 0) is 22.6 Å². The fourth-order valence-electron chi connectivity index (χ4n) is 4.64. The van der Waals surface area contributed by atoms with E-state index in [1.807, 2.05) is 11.3 Å². The summed E-state index contributed by atoms with van der Waals surface area (Å²) >= 11 is 3.59. The molecule has 0 spiro atoms. The second-order valence-electron chi connectivity index (χ2n) is 8.43. The van der Waals surface area contributed by atoms with E-state index >= 15 is 0 Å². The van der Waals surface area contributed by atoms with Crippen molar-refractivity contribution in [3.8, 4) is 0 Å². The molecule has 3 heterocycles. The number of carbonyl (C=O) groups excluding carboxylic acids is 2. The maximum absolute atomic E-state index is 13.0. The van der Waals surface area contributed by atoms with Crippen molar-refractivity contribution < 1.29 is 9.59 Å². The molecule has 4 rings (SSSR count). The number of likely N-dealkylation sites (tertiary alicyclic amines) is 1. The number of rotatable bonds is 6. The third-order valence-electron chi connectivity index (χ3n) is 6.49. The lowest BCUT2D eigenvalue weighted by atomic mass is 9.96. The quantitative estimate of drug-likeness (QED) is 0.668. The fraction of sp³-hybridized carbons (Fsp3) is 0.500. The third-order valence-corrected chi connectivity index (χ3v) is 8.25. The molecular formula is C24H31N3O2S2. The van der Waals surface area contributed by atoms with Gasteiger partial charge in [-0.25, -0.2) is 0 Å². The number of carbonyl (C=O) groups is 2. The summed E-state index contributed by atoms with van der Waals surface area (Å²) in [5.41, 5.74) is 2.66. The Morgan fingerprint density at radius 2 is 2.03 bits per heavy atom. The zero-order chi connectivity index (χ0) is 21.8. The fourth-order valence-corrected chi connectivity index (χ4v) is 5.94. The van der Waals surface area contributed by atoms with Crippen LogP contribution >= 0.6 is 23.1 Å². The Kier molecular flexibility index (Phi) is 7.35. The summed E-state index contributed by atoms with van der Waals surface area (Å²) in [7, 11) is 0. The van der Waals surface area contributed by atoms with Crippen molar-refractivity contribution in [1.82, 2.24) is 15.1 Å². The Labute approximate surface area is 193 Å². The summed E-state index contributed by atoms with van der Waals surface area (Å²) < 4.78 is 0. The van der Waals surface area contributed by atoms with Gasteiger partial charge in [-0.15, -0.1) is 23.1 Å². The van der Waals surface area contributed by atoms with Crippen LogP contribution in [0.1, 0.15) is 41.8 Å². The molecular weight excluding hydrogens is 426 g/mol. The minimum absolute atomic E-state index is 0.0594. The lowest BCUT2D eigenvalue weighted by Crippen LogP contribution is -2.47. The molecule has 1 aromatic heterocycles. The Hall–Kier alpha value is -1.83. The summed E-state index contributed by atoms with van der Waals surface area (Å²) in [6.45, 7) is 5.40.